The summed E-state index contributed by atoms with van der Waals surface area (Å²) >= 11 is 0. The minimum absolute atomic E-state index is 0. The molecule has 0 saturated heterocycles. The average Bonchev–Trinajstić information content (AvgIpc) is 2.45. The number of benzene rings is 1. The molecule has 0 heterocycles. The molecule has 8 heteroatoms. The van der Waals surface area contributed by atoms with Gasteiger partial charge in [-0.3, -0.25) is 0 Å². The Balaban J connectivity index is 0.00000264. The van der Waals surface area contributed by atoms with Gasteiger partial charge in [0.1, 0.15) is 0 Å². The van der Waals surface area contributed by atoms with Crippen molar-refractivity contribution in [2.75, 3.05) is 0 Å². The molecular formula is C15H18ClF6N. The van der Waals surface area contributed by atoms with Gasteiger partial charge >= 0.3 is 12.4 Å². The van der Waals surface area contributed by atoms with Crippen molar-refractivity contribution in [1.82, 2.24) is 0 Å². The first-order valence-corrected chi connectivity index (χ1v) is 7.14. The third-order valence-electron chi connectivity index (χ3n) is 4.15. The standard InChI is InChI=1S/C15H17F6N.ClH/c16-14(17,18)11-6-10(7-12(8-11)15(19,20)21)13(22)9-4-2-1-3-5-9;/h6-9,13H,1-5,22H2;1H/t13-;/m1./s1. The molecule has 132 valence electrons. The van der Waals surface area contributed by atoms with Crippen LogP contribution in [-0.2, 0) is 12.4 Å². The normalized spacial score (nSPS) is 18.4. The SMILES string of the molecule is Cl.N[C@@H](c1cc(C(F)(F)F)cc(C(F)(F)F)c1)C1CCCCC1. The van der Waals surface area contributed by atoms with Gasteiger partial charge in [-0.15, -0.1) is 12.4 Å². The summed E-state index contributed by atoms with van der Waals surface area (Å²) in [5.41, 5.74) is 3.27. The van der Waals surface area contributed by atoms with E-state index in [2.05, 4.69) is 0 Å². The maximum atomic E-state index is 12.8. The van der Waals surface area contributed by atoms with E-state index in [0.29, 0.717) is 0 Å². The summed E-state index contributed by atoms with van der Waals surface area (Å²) in [5.74, 6) is -0.0710. The summed E-state index contributed by atoms with van der Waals surface area (Å²) in [5, 5.41) is 0. The van der Waals surface area contributed by atoms with Crippen molar-refractivity contribution in [3.05, 3.63) is 34.9 Å². The molecule has 0 radical (unpaired) electrons. The van der Waals surface area contributed by atoms with Gasteiger partial charge in [-0.25, -0.2) is 0 Å². The van der Waals surface area contributed by atoms with Crippen LogP contribution < -0.4 is 5.73 Å². The fourth-order valence-electron chi connectivity index (χ4n) is 2.94. The molecule has 1 saturated carbocycles. The van der Waals surface area contributed by atoms with Crippen LogP contribution >= 0.6 is 12.4 Å². The molecule has 1 fully saturated rings. The molecule has 1 aromatic rings. The van der Waals surface area contributed by atoms with E-state index in [4.69, 9.17) is 5.73 Å². The van der Waals surface area contributed by atoms with Gasteiger partial charge in [0.25, 0.3) is 0 Å². The molecule has 23 heavy (non-hydrogen) atoms. The van der Waals surface area contributed by atoms with E-state index < -0.39 is 29.5 Å². The lowest BCUT2D eigenvalue weighted by atomic mass is 9.81. The summed E-state index contributed by atoms with van der Waals surface area (Å²) < 4.78 is 77.0. The van der Waals surface area contributed by atoms with Gasteiger partial charge in [-0.1, -0.05) is 19.3 Å². The predicted octanol–water partition coefficient (Wildman–Crippen LogP) is 5.73. The molecule has 1 aromatic carbocycles. The second-order valence-electron chi connectivity index (χ2n) is 5.76. The second-order valence-corrected chi connectivity index (χ2v) is 5.76. The van der Waals surface area contributed by atoms with Gasteiger partial charge in [0.05, 0.1) is 11.1 Å². The van der Waals surface area contributed by atoms with E-state index in [9.17, 15) is 26.3 Å². The van der Waals surface area contributed by atoms with Gasteiger partial charge in [0.15, 0.2) is 0 Å². The van der Waals surface area contributed by atoms with E-state index in [1.807, 2.05) is 0 Å². The van der Waals surface area contributed by atoms with Crippen LogP contribution in [0.4, 0.5) is 26.3 Å². The minimum atomic E-state index is -4.83. The first-order valence-electron chi connectivity index (χ1n) is 7.14. The zero-order chi connectivity index (χ0) is 16.5. The lowest BCUT2D eigenvalue weighted by Gasteiger charge is -2.28. The highest BCUT2D eigenvalue weighted by Gasteiger charge is 2.37. The molecule has 0 amide bonds. The van der Waals surface area contributed by atoms with Crippen molar-refractivity contribution < 1.29 is 26.3 Å². The molecule has 2 rings (SSSR count). The molecule has 1 aliphatic carbocycles. The van der Waals surface area contributed by atoms with Crippen molar-refractivity contribution in [3.63, 3.8) is 0 Å². The Morgan fingerprint density at radius 3 is 1.65 bits per heavy atom. The van der Waals surface area contributed by atoms with Crippen LogP contribution in [0.15, 0.2) is 18.2 Å². The first-order chi connectivity index (χ1) is 10.1. The van der Waals surface area contributed by atoms with Crippen LogP contribution in [0.5, 0.6) is 0 Å². The lowest BCUT2D eigenvalue weighted by molar-refractivity contribution is -0.143. The molecule has 2 N–H and O–H groups in total. The Morgan fingerprint density at radius 2 is 1.26 bits per heavy atom. The molecule has 1 nitrogen and oxygen atoms in total. The summed E-state index contributed by atoms with van der Waals surface area (Å²) in [6.07, 6.45) is -5.35. The molecule has 0 bridgehead atoms. The maximum Gasteiger partial charge on any atom is 0.416 e. The average molecular weight is 362 g/mol. The molecule has 0 spiro atoms. The Bertz CT molecular complexity index is 487. The second kappa shape index (κ2) is 7.30. The summed E-state index contributed by atoms with van der Waals surface area (Å²) in [7, 11) is 0. The highest BCUT2D eigenvalue weighted by Crippen LogP contribution is 2.40. The van der Waals surface area contributed by atoms with Crippen LogP contribution in [0.1, 0.15) is 54.8 Å². The van der Waals surface area contributed by atoms with E-state index >= 15 is 0 Å². The number of rotatable bonds is 2. The van der Waals surface area contributed by atoms with Gasteiger partial charge in [-0.05, 0) is 42.5 Å². The van der Waals surface area contributed by atoms with Gasteiger partial charge in [0.2, 0.25) is 0 Å². The largest absolute Gasteiger partial charge is 0.416 e. The molecular weight excluding hydrogens is 344 g/mol. The number of alkyl halides is 6. The molecule has 1 atom stereocenters. The highest BCUT2D eigenvalue weighted by atomic mass is 35.5. The summed E-state index contributed by atoms with van der Waals surface area (Å²) in [6, 6.07) is 0.823. The zero-order valence-corrected chi connectivity index (χ0v) is 13.0. The summed E-state index contributed by atoms with van der Waals surface area (Å²) in [4.78, 5) is 0. The van der Waals surface area contributed by atoms with Crippen LogP contribution in [0.2, 0.25) is 0 Å². The Labute approximate surface area is 136 Å². The van der Waals surface area contributed by atoms with Crippen molar-refractivity contribution >= 4 is 12.4 Å². The molecule has 0 aromatic heterocycles. The van der Waals surface area contributed by atoms with E-state index in [-0.39, 0.29) is 30.0 Å². The predicted molar refractivity (Wildman–Crippen MR) is 77.2 cm³/mol. The van der Waals surface area contributed by atoms with Crippen LogP contribution in [0.3, 0.4) is 0 Å². The topological polar surface area (TPSA) is 26.0 Å². The van der Waals surface area contributed by atoms with E-state index in [1.165, 1.54) is 0 Å². The van der Waals surface area contributed by atoms with Crippen LogP contribution in [0, 0.1) is 5.92 Å². The number of hydrogen-bond acceptors (Lipinski definition) is 1. The monoisotopic (exact) mass is 361 g/mol. The van der Waals surface area contributed by atoms with Gasteiger partial charge in [0, 0.05) is 6.04 Å². The minimum Gasteiger partial charge on any atom is -0.324 e. The fraction of sp³-hybridized carbons (Fsp3) is 0.600. The van der Waals surface area contributed by atoms with E-state index in [0.717, 1.165) is 44.2 Å². The number of hydrogen-bond donors (Lipinski definition) is 1. The molecule has 1 aliphatic rings. The van der Waals surface area contributed by atoms with Crippen molar-refractivity contribution in [3.8, 4) is 0 Å². The van der Waals surface area contributed by atoms with E-state index in [1.54, 1.807) is 0 Å². The maximum absolute atomic E-state index is 12.8. The molecule has 0 aliphatic heterocycles. The van der Waals surface area contributed by atoms with Gasteiger partial charge < -0.3 is 5.73 Å². The number of nitrogens with two attached hydrogens (primary N) is 1. The van der Waals surface area contributed by atoms with Crippen LogP contribution in [-0.4, -0.2) is 0 Å². The third kappa shape index (κ3) is 5.01. The van der Waals surface area contributed by atoms with Crippen molar-refractivity contribution in [1.29, 1.82) is 0 Å². The summed E-state index contributed by atoms with van der Waals surface area (Å²) in [6.45, 7) is 0. The Hall–Kier alpha value is -0.950. The van der Waals surface area contributed by atoms with Gasteiger partial charge in [-0.2, -0.15) is 26.3 Å². The Morgan fingerprint density at radius 1 is 0.826 bits per heavy atom. The van der Waals surface area contributed by atoms with Crippen LogP contribution in [0.25, 0.3) is 0 Å². The third-order valence-corrected chi connectivity index (χ3v) is 4.15. The molecule has 0 unspecified atom stereocenters. The Kier molecular flexibility index (Phi) is 6.38. The number of halogens is 7. The van der Waals surface area contributed by atoms with Crippen molar-refractivity contribution in [2.24, 2.45) is 11.7 Å². The quantitative estimate of drug-likeness (QED) is 0.669. The smallest absolute Gasteiger partial charge is 0.324 e. The fourth-order valence-corrected chi connectivity index (χ4v) is 2.94. The zero-order valence-electron chi connectivity index (χ0n) is 12.2. The highest BCUT2D eigenvalue weighted by molar-refractivity contribution is 5.85. The lowest BCUT2D eigenvalue weighted by Crippen LogP contribution is -2.24. The van der Waals surface area contributed by atoms with Crippen molar-refractivity contribution in [2.45, 2.75) is 50.5 Å². The first kappa shape index (κ1) is 20.1.